The fraction of sp³-hybridized carbons (Fsp3) is 0.375. The van der Waals surface area contributed by atoms with E-state index in [0.29, 0.717) is 0 Å². The normalized spacial score (nSPS) is 19.0. The monoisotopic (exact) mass is 567 g/mol. The molecule has 2 aliphatic heterocycles. The summed E-state index contributed by atoms with van der Waals surface area (Å²) in [6.45, 7) is 6.79. The molecule has 2 aromatic rings. The van der Waals surface area contributed by atoms with Crippen LogP contribution in [-0.4, -0.2) is 64.5 Å². The fourth-order valence-electron chi connectivity index (χ4n) is 3.96. The molecule has 12 nitrogen and oxygen atoms in total. The lowest BCUT2D eigenvalue weighted by atomic mass is 10.1. The number of ether oxygens (including phenoxy) is 3. The topological polar surface area (TPSA) is 195 Å². The van der Waals surface area contributed by atoms with Crippen molar-refractivity contribution in [1.82, 2.24) is 0 Å². The van der Waals surface area contributed by atoms with Gasteiger partial charge in [-0.25, -0.2) is 21.6 Å². The maximum absolute atomic E-state index is 12.2. The van der Waals surface area contributed by atoms with Crippen LogP contribution in [0, 0.1) is 0 Å². The third-order valence-corrected chi connectivity index (χ3v) is 9.43. The zero-order chi connectivity index (χ0) is 28.7. The van der Waals surface area contributed by atoms with Gasteiger partial charge < -0.3 is 25.7 Å². The zero-order valence-electron chi connectivity index (χ0n) is 21.5. The van der Waals surface area contributed by atoms with E-state index in [1.165, 1.54) is 43.5 Å². The van der Waals surface area contributed by atoms with Crippen molar-refractivity contribution in [2.24, 2.45) is 16.5 Å². The molecule has 0 aromatic heterocycles. The second kappa shape index (κ2) is 9.91. The Hall–Kier alpha value is -3.65. The highest BCUT2D eigenvalue weighted by Crippen LogP contribution is 2.37. The second-order valence-corrected chi connectivity index (χ2v) is 13.8. The molecule has 4 rings (SSSR count). The van der Waals surface area contributed by atoms with Gasteiger partial charge in [0.25, 0.3) is 5.91 Å². The number of carbonyl (C=O) groups excluding carboxylic acids is 2. The molecule has 14 heteroatoms. The van der Waals surface area contributed by atoms with E-state index in [-0.39, 0.29) is 49.9 Å². The Labute approximate surface area is 220 Å². The standard InChI is InChI=1S/C12H15N3O4S.C12H14O5S/c1-12(2)6-20(17,18)9-5-7(3-4-8(9)19-12)10(16)15-11(13)14;1-12(2)7-18(14,15)10-6-8(11(13)16-3)4-5-9(10)17-12/h3-5H,6H2,1-2H3,(H4,13,14,15,16);4-6H,7H2,1-3H3. The van der Waals surface area contributed by atoms with Crippen LogP contribution in [0.5, 0.6) is 11.5 Å². The largest absolute Gasteiger partial charge is 0.485 e. The molecule has 0 bridgehead atoms. The highest BCUT2D eigenvalue weighted by Gasteiger charge is 2.38. The number of esters is 1. The molecule has 0 aliphatic carbocycles. The molecule has 0 fully saturated rings. The summed E-state index contributed by atoms with van der Waals surface area (Å²) in [5.74, 6) is -1.43. The number of methoxy groups -OCH3 is 1. The third-order valence-electron chi connectivity index (χ3n) is 5.30. The molecule has 4 N–H and O–H groups in total. The minimum absolute atomic E-state index is 0.0199. The molecule has 2 aromatic carbocycles. The van der Waals surface area contributed by atoms with E-state index < -0.39 is 42.8 Å². The molecular formula is C24H29N3O9S2. The molecule has 2 heterocycles. The number of benzene rings is 2. The number of aliphatic imine (C=N–C) groups is 1. The lowest BCUT2D eigenvalue weighted by Gasteiger charge is -2.32. The van der Waals surface area contributed by atoms with Crippen molar-refractivity contribution >= 4 is 37.5 Å². The van der Waals surface area contributed by atoms with E-state index in [0.717, 1.165) is 0 Å². The van der Waals surface area contributed by atoms with Crippen LogP contribution in [-0.2, 0) is 24.4 Å². The summed E-state index contributed by atoms with van der Waals surface area (Å²) >= 11 is 0. The number of hydrogen-bond acceptors (Lipinski definition) is 9. The summed E-state index contributed by atoms with van der Waals surface area (Å²) in [6.07, 6.45) is 0. The van der Waals surface area contributed by atoms with Gasteiger partial charge in [0.15, 0.2) is 25.6 Å². The third kappa shape index (κ3) is 6.42. The predicted molar refractivity (Wildman–Crippen MR) is 138 cm³/mol. The van der Waals surface area contributed by atoms with Crippen molar-refractivity contribution in [2.45, 2.75) is 48.7 Å². The van der Waals surface area contributed by atoms with Gasteiger partial charge in [-0.2, -0.15) is 4.99 Å². The second-order valence-electron chi connectivity index (χ2n) is 9.90. The summed E-state index contributed by atoms with van der Waals surface area (Å²) in [4.78, 5) is 26.5. The molecular weight excluding hydrogens is 538 g/mol. The summed E-state index contributed by atoms with van der Waals surface area (Å²) in [7, 11) is -5.72. The van der Waals surface area contributed by atoms with Gasteiger partial charge in [-0.15, -0.1) is 0 Å². The van der Waals surface area contributed by atoms with Gasteiger partial charge in [-0.3, -0.25) is 4.79 Å². The van der Waals surface area contributed by atoms with Gasteiger partial charge in [-0.05, 0) is 64.1 Å². The maximum Gasteiger partial charge on any atom is 0.337 e. The van der Waals surface area contributed by atoms with Crippen LogP contribution < -0.4 is 20.9 Å². The Morgan fingerprint density at radius 2 is 1.24 bits per heavy atom. The number of sulfone groups is 2. The molecule has 38 heavy (non-hydrogen) atoms. The first-order valence-electron chi connectivity index (χ1n) is 11.2. The van der Waals surface area contributed by atoms with Gasteiger partial charge in [0.05, 0.1) is 24.2 Å². The van der Waals surface area contributed by atoms with E-state index >= 15 is 0 Å². The van der Waals surface area contributed by atoms with E-state index in [9.17, 15) is 26.4 Å². The van der Waals surface area contributed by atoms with Crippen LogP contribution >= 0.6 is 0 Å². The van der Waals surface area contributed by atoms with Gasteiger partial charge in [0.2, 0.25) is 0 Å². The Morgan fingerprint density at radius 1 is 0.816 bits per heavy atom. The highest BCUT2D eigenvalue weighted by molar-refractivity contribution is 7.92. The Kier molecular flexibility index (Phi) is 7.54. The van der Waals surface area contributed by atoms with Crippen molar-refractivity contribution < 1.29 is 40.6 Å². The van der Waals surface area contributed by atoms with Crippen LogP contribution in [0.25, 0.3) is 0 Å². The summed E-state index contributed by atoms with van der Waals surface area (Å²) in [5.41, 5.74) is 8.95. The van der Waals surface area contributed by atoms with E-state index in [4.69, 9.17) is 20.9 Å². The van der Waals surface area contributed by atoms with Gasteiger partial charge in [-0.1, -0.05) is 0 Å². The molecule has 0 atom stereocenters. The molecule has 206 valence electrons. The minimum atomic E-state index is -3.52. The predicted octanol–water partition coefficient (Wildman–Crippen LogP) is 1.46. The average molecular weight is 568 g/mol. The Morgan fingerprint density at radius 3 is 1.66 bits per heavy atom. The van der Waals surface area contributed by atoms with Gasteiger partial charge in [0, 0.05) is 5.56 Å². The van der Waals surface area contributed by atoms with E-state index in [2.05, 4.69) is 9.73 Å². The van der Waals surface area contributed by atoms with Gasteiger partial charge >= 0.3 is 5.97 Å². The zero-order valence-corrected chi connectivity index (χ0v) is 23.1. The number of hydrogen-bond donors (Lipinski definition) is 2. The number of amides is 1. The van der Waals surface area contributed by atoms with E-state index in [1.807, 2.05) is 0 Å². The van der Waals surface area contributed by atoms with Crippen LogP contribution in [0.1, 0.15) is 48.4 Å². The van der Waals surface area contributed by atoms with Crippen molar-refractivity contribution in [3.8, 4) is 11.5 Å². The molecule has 1 amide bonds. The number of carbonyl (C=O) groups is 2. The highest BCUT2D eigenvalue weighted by atomic mass is 32.2. The summed E-state index contributed by atoms with van der Waals surface area (Å²) < 4.78 is 64.4. The molecule has 0 saturated heterocycles. The first-order chi connectivity index (χ1) is 17.4. The smallest absolute Gasteiger partial charge is 0.337 e. The summed E-state index contributed by atoms with van der Waals surface area (Å²) in [5, 5.41) is 0. The first kappa shape index (κ1) is 28.9. The molecule has 2 aliphatic rings. The average Bonchev–Trinajstić information content (AvgIpc) is 2.75. The van der Waals surface area contributed by atoms with Crippen LogP contribution in [0.4, 0.5) is 0 Å². The SMILES string of the molecule is CC1(C)CS(=O)(=O)c2cc(C(=O)N=C(N)N)ccc2O1.COC(=O)c1ccc2c(c1)S(=O)(=O)CC(C)(C)O2. The van der Waals surface area contributed by atoms with Crippen LogP contribution in [0.15, 0.2) is 51.2 Å². The Bertz CT molecular complexity index is 1540. The summed E-state index contributed by atoms with van der Waals surface area (Å²) in [6, 6.07) is 8.36. The molecule has 0 spiro atoms. The maximum atomic E-state index is 12.2. The number of nitrogens with zero attached hydrogens (tertiary/aromatic N) is 1. The van der Waals surface area contributed by atoms with Crippen LogP contribution in [0.3, 0.4) is 0 Å². The lowest BCUT2D eigenvalue weighted by molar-refractivity contribution is 0.0600. The number of fused-ring (bicyclic) bond motifs is 2. The van der Waals surface area contributed by atoms with Gasteiger partial charge in [0.1, 0.15) is 32.5 Å². The van der Waals surface area contributed by atoms with Crippen molar-refractivity contribution in [3.63, 3.8) is 0 Å². The minimum Gasteiger partial charge on any atom is -0.485 e. The molecule has 0 unspecified atom stereocenters. The number of rotatable bonds is 2. The van der Waals surface area contributed by atoms with Crippen LogP contribution in [0.2, 0.25) is 0 Å². The van der Waals surface area contributed by atoms with Crippen molar-refractivity contribution in [2.75, 3.05) is 18.6 Å². The number of nitrogens with two attached hydrogens (primary N) is 2. The van der Waals surface area contributed by atoms with E-state index in [1.54, 1.807) is 27.7 Å². The quantitative estimate of drug-likeness (QED) is 0.303. The lowest BCUT2D eigenvalue weighted by Crippen LogP contribution is -2.40. The molecule has 0 saturated carbocycles. The number of guanidine groups is 1. The fourth-order valence-corrected chi connectivity index (χ4v) is 7.66. The molecule has 0 radical (unpaired) electrons. The Balaban J connectivity index is 0.000000212. The van der Waals surface area contributed by atoms with Crippen molar-refractivity contribution in [1.29, 1.82) is 0 Å². The van der Waals surface area contributed by atoms with Crippen molar-refractivity contribution in [3.05, 3.63) is 47.5 Å². The first-order valence-corrected chi connectivity index (χ1v) is 14.5.